The lowest BCUT2D eigenvalue weighted by molar-refractivity contribution is 0.101. The fourth-order valence-corrected chi connectivity index (χ4v) is 2.37. The smallest absolute Gasteiger partial charge is 0.324 e. The van der Waals surface area contributed by atoms with E-state index in [0.717, 1.165) is 11.5 Å². The van der Waals surface area contributed by atoms with Crippen LogP contribution in [0.25, 0.3) is 0 Å². The third kappa shape index (κ3) is 2.47. The number of rotatable bonds is 3. The lowest BCUT2D eigenvalue weighted by atomic mass is 9.64. The maximum absolute atomic E-state index is 11.2. The van der Waals surface area contributed by atoms with Gasteiger partial charge in [0.1, 0.15) is 11.5 Å². The van der Waals surface area contributed by atoms with Crippen LogP contribution in [0, 0.1) is 0 Å². The van der Waals surface area contributed by atoms with Gasteiger partial charge in [-0.05, 0) is 54.3 Å². The first-order valence-electron chi connectivity index (χ1n) is 6.67. The van der Waals surface area contributed by atoms with Crippen LogP contribution in [0.5, 0.6) is 11.5 Å². The van der Waals surface area contributed by atoms with Crippen LogP contribution in [0.15, 0.2) is 42.5 Å². The summed E-state index contributed by atoms with van der Waals surface area (Å²) in [5, 5.41) is 0. The molecule has 1 heterocycles. The summed E-state index contributed by atoms with van der Waals surface area (Å²) in [5.74, 6) is 1.57. The maximum atomic E-state index is 11.2. The van der Waals surface area contributed by atoms with Gasteiger partial charge in [0.25, 0.3) is 0 Å². The minimum absolute atomic E-state index is 0.0558. The van der Waals surface area contributed by atoms with E-state index in [-0.39, 0.29) is 12.7 Å². The fraction of sp³-hybridized carbons (Fsp3) is 0.188. The van der Waals surface area contributed by atoms with E-state index in [0.29, 0.717) is 12.2 Å². The van der Waals surface area contributed by atoms with Gasteiger partial charge in [-0.25, -0.2) is 0 Å². The van der Waals surface area contributed by atoms with E-state index >= 15 is 0 Å². The Morgan fingerprint density at radius 1 is 1.15 bits per heavy atom. The number of ketones is 1. The summed E-state index contributed by atoms with van der Waals surface area (Å²) < 4.78 is 11.4. The third-order valence-electron chi connectivity index (χ3n) is 3.54. The van der Waals surface area contributed by atoms with E-state index in [1.807, 2.05) is 37.2 Å². The van der Waals surface area contributed by atoms with Crippen molar-refractivity contribution in [1.29, 1.82) is 0 Å². The molecule has 0 aliphatic carbocycles. The molecule has 0 atom stereocenters. The van der Waals surface area contributed by atoms with E-state index in [2.05, 4.69) is 0 Å². The molecule has 0 saturated carbocycles. The van der Waals surface area contributed by atoms with Gasteiger partial charge in [-0.1, -0.05) is 12.9 Å². The standard InChI is InChI=1S/C16H15BO3/c1-11(18)12-3-5-14(6-4-12)20-15-7-8-16-13(9-15)10-19-17(16)2/h3-9H,10H2,1-2H3. The van der Waals surface area contributed by atoms with E-state index in [1.54, 1.807) is 19.1 Å². The van der Waals surface area contributed by atoms with Gasteiger partial charge in [-0.15, -0.1) is 0 Å². The highest BCUT2D eigenvalue weighted by molar-refractivity contribution is 6.67. The zero-order valence-electron chi connectivity index (χ0n) is 11.6. The fourth-order valence-electron chi connectivity index (χ4n) is 2.37. The first-order valence-corrected chi connectivity index (χ1v) is 6.67. The molecule has 100 valence electrons. The number of Topliss-reactive ketones (excluding diaryl/α,β-unsaturated/α-hetero) is 1. The minimum atomic E-state index is 0.0558. The van der Waals surface area contributed by atoms with Crippen LogP contribution in [0.2, 0.25) is 6.82 Å². The maximum Gasteiger partial charge on any atom is 0.324 e. The summed E-state index contributed by atoms with van der Waals surface area (Å²) in [6.45, 7) is 4.40. The van der Waals surface area contributed by atoms with Gasteiger partial charge < -0.3 is 9.39 Å². The molecular weight excluding hydrogens is 251 g/mol. The molecule has 2 aromatic rings. The third-order valence-corrected chi connectivity index (χ3v) is 3.54. The lowest BCUT2D eigenvalue weighted by Gasteiger charge is -2.08. The molecule has 0 saturated heterocycles. The van der Waals surface area contributed by atoms with Crippen molar-refractivity contribution in [2.45, 2.75) is 20.4 Å². The highest BCUT2D eigenvalue weighted by atomic mass is 16.5. The topological polar surface area (TPSA) is 35.5 Å². The molecule has 0 bridgehead atoms. The van der Waals surface area contributed by atoms with Crippen molar-refractivity contribution in [3.05, 3.63) is 53.6 Å². The highest BCUT2D eigenvalue weighted by Gasteiger charge is 2.23. The normalized spacial score (nSPS) is 13.2. The molecule has 0 unspecified atom stereocenters. The molecule has 4 heteroatoms. The van der Waals surface area contributed by atoms with E-state index in [9.17, 15) is 4.79 Å². The number of carbonyl (C=O) groups excluding carboxylic acids is 1. The van der Waals surface area contributed by atoms with Crippen LogP contribution in [-0.4, -0.2) is 12.7 Å². The number of benzene rings is 2. The molecule has 0 radical (unpaired) electrons. The summed E-state index contributed by atoms with van der Waals surface area (Å²) in [4.78, 5) is 11.2. The molecule has 1 aliphatic heterocycles. The predicted molar refractivity (Wildman–Crippen MR) is 79.0 cm³/mol. The first kappa shape index (κ1) is 12.9. The Balaban J connectivity index is 1.79. The molecule has 3 nitrogen and oxygen atoms in total. The summed E-state index contributed by atoms with van der Waals surface area (Å²) in [7, 11) is 0. The zero-order valence-corrected chi connectivity index (χ0v) is 11.6. The Morgan fingerprint density at radius 3 is 2.55 bits per heavy atom. The van der Waals surface area contributed by atoms with Crippen LogP contribution in [0.3, 0.4) is 0 Å². The average Bonchev–Trinajstić information content (AvgIpc) is 2.81. The molecule has 2 aromatic carbocycles. The zero-order chi connectivity index (χ0) is 14.1. The van der Waals surface area contributed by atoms with E-state index in [4.69, 9.17) is 9.39 Å². The summed E-state index contributed by atoms with van der Waals surface area (Å²) >= 11 is 0. The summed E-state index contributed by atoms with van der Waals surface area (Å²) in [6, 6.07) is 13.2. The Morgan fingerprint density at radius 2 is 1.85 bits per heavy atom. The van der Waals surface area contributed by atoms with Gasteiger partial charge in [0.2, 0.25) is 0 Å². The van der Waals surface area contributed by atoms with Crippen molar-refractivity contribution in [1.82, 2.24) is 0 Å². The summed E-state index contributed by atoms with van der Waals surface area (Å²) in [6.07, 6.45) is 0. The van der Waals surface area contributed by atoms with E-state index < -0.39 is 0 Å². The number of carbonyl (C=O) groups is 1. The molecular formula is C16H15BO3. The largest absolute Gasteiger partial charge is 0.457 e. The molecule has 0 aromatic heterocycles. The van der Waals surface area contributed by atoms with Gasteiger partial charge in [0.15, 0.2) is 5.78 Å². The number of ether oxygens (including phenoxy) is 1. The van der Waals surface area contributed by atoms with Crippen LogP contribution in [-0.2, 0) is 11.3 Å². The van der Waals surface area contributed by atoms with Crippen LogP contribution in [0.1, 0.15) is 22.8 Å². The number of fused-ring (bicyclic) bond motifs is 1. The second kappa shape index (κ2) is 5.14. The minimum Gasteiger partial charge on any atom is -0.457 e. The highest BCUT2D eigenvalue weighted by Crippen LogP contribution is 2.24. The average molecular weight is 266 g/mol. The van der Waals surface area contributed by atoms with Gasteiger partial charge in [-0.2, -0.15) is 0 Å². The molecule has 0 amide bonds. The molecule has 1 aliphatic rings. The number of hydrogen-bond donors (Lipinski definition) is 0. The second-order valence-corrected chi connectivity index (χ2v) is 5.00. The SMILES string of the molecule is CB1OCc2cc(Oc3ccc(C(C)=O)cc3)ccc21. The molecule has 0 N–H and O–H groups in total. The van der Waals surface area contributed by atoms with Gasteiger partial charge in [0.05, 0.1) is 6.61 Å². The van der Waals surface area contributed by atoms with Crippen molar-refractivity contribution in [2.24, 2.45) is 0 Å². The van der Waals surface area contributed by atoms with E-state index in [1.165, 1.54) is 11.0 Å². The Hall–Kier alpha value is -2.07. The molecule has 0 spiro atoms. The van der Waals surface area contributed by atoms with Crippen molar-refractivity contribution in [3.8, 4) is 11.5 Å². The van der Waals surface area contributed by atoms with Crippen LogP contribution in [0.4, 0.5) is 0 Å². The van der Waals surface area contributed by atoms with Crippen molar-refractivity contribution >= 4 is 18.2 Å². The van der Waals surface area contributed by atoms with Gasteiger partial charge in [0, 0.05) is 5.56 Å². The van der Waals surface area contributed by atoms with Crippen LogP contribution >= 0.6 is 0 Å². The monoisotopic (exact) mass is 266 g/mol. The Labute approximate surface area is 118 Å². The lowest BCUT2D eigenvalue weighted by Crippen LogP contribution is -2.23. The Bertz CT molecular complexity index is 649. The molecule has 20 heavy (non-hydrogen) atoms. The van der Waals surface area contributed by atoms with Crippen molar-refractivity contribution in [3.63, 3.8) is 0 Å². The van der Waals surface area contributed by atoms with Gasteiger partial charge in [-0.3, -0.25) is 4.79 Å². The Kier molecular flexibility index (Phi) is 3.32. The quantitative estimate of drug-likeness (QED) is 0.632. The van der Waals surface area contributed by atoms with Crippen LogP contribution < -0.4 is 10.2 Å². The second-order valence-electron chi connectivity index (χ2n) is 5.00. The predicted octanol–water partition coefficient (Wildman–Crippen LogP) is 3.04. The number of hydrogen-bond acceptors (Lipinski definition) is 3. The first-order chi connectivity index (χ1) is 9.63. The molecule has 0 fully saturated rings. The van der Waals surface area contributed by atoms with Crippen molar-refractivity contribution < 1.29 is 14.2 Å². The molecule has 3 rings (SSSR count). The summed E-state index contributed by atoms with van der Waals surface area (Å²) in [5.41, 5.74) is 3.09. The van der Waals surface area contributed by atoms with Crippen molar-refractivity contribution in [2.75, 3.05) is 0 Å². The van der Waals surface area contributed by atoms with Gasteiger partial charge >= 0.3 is 6.92 Å².